The molecule has 0 amide bonds. The molecule has 0 saturated carbocycles. The second-order valence-electron chi connectivity index (χ2n) is 10.6. The van der Waals surface area contributed by atoms with Crippen molar-refractivity contribution >= 4 is 23.9 Å². The van der Waals surface area contributed by atoms with Crippen LogP contribution in [0.5, 0.6) is 5.88 Å². The number of rotatable bonds is 11. The average Bonchev–Trinajstić information content (AvgIpc) is 3.29. The van der Waals surface area contributed by atoms with Gasteiger partial charge in [0.1, 0.15) is 12.7 Å². The number of hydrogen-bond acceptors (Lipinski definition) is 11. The summed E-state index contributed by atoms with van der Waals surface area (Å²) in [5.41, 5.74) is 4.52. The van der Waals surface area contributed by atoms with Gasteiger partial charge in [0, 0.05) is 45.4 Å². The summed E-state index contributed by atoms with van der Waals surface area (Å²) >= 11 is 0. The fourth-order valence-electron chi connectivity index (χ4n) is 5.12. The Morgan fingerprint density at radius 2 is 1.36 bits per heavy atom. The van der Waals surface area contributed by atoms with Gasteiger partial charge in [0.05, 0.1) is 5.69 Å². The molecule has 2 heterocycles. The van der Waals surface area contributed by atoms with E-state index in [4.69, 9.17) is 33.5 Å². The highest BCUT2D eigenvalue weighted by Crippen LogP contribution is 2.34. The molecule has 3 aromatic rings. The van der Waals surface area contributed by atoms with E-state index in [1.165, 1.54) is 19.4 Å². The third-order valence-electron chi connectivity index (χ3n) is 7.19. The highest BCUT2D eigenvalue weighted by molar-refractivity contribution is 5.68. The molecular weight excluding hydrogens is 584 g/mol. The van der Waals surface area contributed by atoms with Crippen LogP contribution in [-0.2, 0) is 55.7 Å². The standard InChI is InChI=1S/C33H38N2O10/c1-7-24-13-15-25(16-14-24)17-27-19(2)35(26-11-9-8-10-12-26)34-32(27)45-33-31(43-23(6)39)30(42-22(5)38)29(41-21(4)37)28(44-33)18-40-20(3)36/h8-16,28-31,33H,7,17-18H2,1-6H3/t28-,29-,30+,31-,33?/m1/s1. The van der Waals surface area contributed by atoms with E-state index in [0.29, 0.717) is 6.42 Å². The minimum absolute atomic E-state index is 0.178. The molecule has 12 nitrogen and oxygen atoms in total. The number of ether oxygens (including phenoxy) is 6. The number of nitrogens with zero attached hydrogens (tertiary/aromatic N) is 2. The quantitative estimate of drug-likeness (QED) is 0.228. The molecule has 4 rings (SSSR count). The molecule has 1 saturated heterocycles. The van der Waals surface area contributed by atoms with Crippen LogP contribution in [0, 0.1) is 6.92 Å². The number of carbonyl (C=O) groups excluding carboxylic acids is 4. The van der Waals surface area contributed by atoms with E-state index in [2.05, 4.69) is 19.1 Å². The van der Waals surface area contributed by atoms with E-state index in [1.807, 2.05) is 49.4 Å². The van der Waals surface area contributed by atoms with E-state index in [9.17, 15) is 19.2 Å². The Hall–Kier alpha value is -4.71. The second-order valence-corrected chi connectivity index (χ2v) is 10.6. The molecule has 1 unspecified atom stereocenters. The first-order chi connectivity index (χ1) is 21.5. The Kier molecular flexibility index (Phi) is 10.9. The summed E-state index contributed by atoms with van der Waals surface area (Å²) in [7, 11) is 0. The molecule has 2 aromatic carbocycles. The average molecular weight is 623 g/mol. The van der Waals surface area contributed by atoms with Crippen molar-refractivity contribution in [2.75, 3.05) is 6.61 Å². The molecule has 0 aliphatic carbocycles. The van der Waals surface area contributed by atoms with Gasteiger partial charge in [-0.15, -0.1) is 5.10 Å². The Labute approximate surface area is 261 Å². The zero-order chi connectivity index (χ0) is 32.7. The molecule has 0 spiro atoms. The molecule has 45 heavy (non-hydrogen) atoms. The van der Waals surface area contributed by atoms with Gasteiger partial charge < -0.3 is 28.4 Å². The van der Waals surface area contributed by atoms with Crippen molar-refractivity contribution in [2.45, 2.75) is 85.1 Å². The van der Waals surface area contributed by atoms with Crippen LogP contribution in [0.25, 0.3) is 5.69 Å². The van der Waals surface area contributed by atoms with E-state index < -0.39 is 54.6 Å². The van der Waals surface area contributed by atoms with Crippen LogP contribution >= 0.6 is 0 Å². The van der Waals surface area contributed by atoms with Gasteiger partial charge in [-0.2, -0.15) is 0 Å². The van der Waals surface area contributed by atoms with E-state index in [-0.39, 0.29) is 12.5 Å². The monoisotopic (exact) mass is 622 g/mol. The lowest BCUT2D eigenvalue weighted by atomic mass is 9.98. The van der Waals surface area contributed by atoms with Crippen LogP contribution in [0.3, 0.4) is 0 Å². The van der Waals surface area contributed by atoms with Crippen molar-refractivity contribution in [3.8, 4) is 11.6 Å². The summed E-state index contributed by atoms with van der Waals surface area (Å²) in [6, 6.07) is 17.7. The summed E-state index contributed by atoms with van der Waals surface area (Å²) in [6.45, 7) is 8.34. The Morgan fingerprint density at radius 1 is 0.778 bits per heavy atom. The first kappa shape index (κ1) is 33.2. The lowest BCUT2D eigenvalue weighted by Gasteiger charge is -2.43. The lowest BCUT2D eigenvalue weighted by Crippen LogP contribution is -2.63. The number of para-hydroxylation sites is 1. The number of aryl methyl sites for hydroxylation is 1. The second kappa shape index (κ2) is 14.8. The van der Waals surface area contributed by atoms with Gasteiger partial charge in [-0.05, 0) is 36.6 Å². The van der Waals surface area contributed by atoms with Crippen LogP contribution in [0.1, 0.15) is 57.0 Å². The summed E-state index contributed by atoms with van der Waals surface area (Å²) < 4.78 is 36.1. The van der Waals surface area contributed by atoms with Crippen molar-refractivity contribution in [1.82, 2.24) is 9.78 Å². The predicted octanol–water partition coefficient (Wildman–Crippen LogP) is 3.80. The van der Waals surface area contributed by atoms with Crippen molar-refractivity contribution in [3.05, 3.63) is 77.0 Å². The van der Waals surface area contributed by atoms with E-state index in [0.717, 1.165) is 42.8 Å². The number of carbonyl (C=O) groups is 4. The van der Waals surface area contributed by atoms with Gasteiger partial charge in [0.2, 0.25) is 18.3 Å². The van der Waals surface area contributed by atoms with Gasteiger partial charge >= 0.3 is 23.9 Å². The van der Waals surface area contributed by atoms with Crippen LogP contribution in [0.15, 0.2) is 54.6 Å². The zero-order valence-corrected chi connectivity index (χ0v) is 26.2. The largest absolute Gasteiger partial charge is 0.463 e. The van der Waals surface area contributed by atoms with Gasteiger partial charge in [-0.3, -0.25) is 19.2 Å². The SMILES string of the molecule is CCc1ccc(Cc2c(OC3O[C@H](COC(C)=O)[C@@H](OC(C)=O)[C@H](OC(C)=O)[C@H]3OC(C)=O)nn(-c3ccccc3)c2C)cc1. The van der Waals surface area contributed by atoms with E-state index >= 15 is 0 Å². The summed E-state index contributed by atoms with van der Waals surface area (Å²) in [6.07, 6.45) is -5.26. The van der Waals surface area contributed by atoms with Crippen LogP contribution in [-0.4, -0.2) is 71.0 Å². The minimum atomic E-state index is -1.41. The third kappa shape index (κ3) is 8.48. The molecule has 1 aliphatic heterocycles. The molecule has 0 N–H and O–H groups in total. The molecule has 1 aliphatic rings. The molecular formula is C33H38N2O10. The molecule has 12 heteroatoms. The van der Waals surface area contributed by atoms with Crippen molar-refractivity contribution < 1.29 is 47.6 Å². The molecule has 5 atom stereocenters. The highest BCUT2D eigenvalue weighted by atomic mass is 16.7. The fraction of sp³-hybridized carbons (Fsp3) is 0.424. The summed E-state index contributed by atoms with van der Waals surface area (Å²) in [5.74, 6) is -2.62. The highest BCUT2D eigenvalue weighted by Gasteiger charge is 2.53. The van der Waals surface area contributed by atoms with E-state index in [1.54, 1.807) is 4.68 Å². The first-order valence-electron chi connectivity index (χ1n) is 14.7. The van der Waals surface area contributed by atoms with Gasteiger partial charge in [-0.25, -0.2) is 4.68 Å². The fourth-order valence-corrected chi connectivity index (χ4v) is 5.12. The van der Waals surface area contributed by atoms with Gasteiger partial charge in [-0.1, -0.05) is 49.4 Å². The summed E-state index contributed by atoms with van der Waals surface area (Å²) in [4.78, 5) is 48.3. The number of benzene rings is 2. The van der Waals surface area contributed by atoms with Crippen molar-refractivity contribution in [1.29, 1.82) is 0 Å². The predicted molar refractivity (Wildman–Crippen MR) is 160 cm³/mol. The normalized spacial score (nSPS) is 21.0. The maximum absolute atomic E-state index is 12.3. The summed E-state index contributed by atoms with van der Waals surface area (Å²) in [5, 5.41) is 4.77. The maximum atomic E-state index is 12.3. The van der Waals surface area contributed by atoms with Crippen LogP contribution in [0.2, 0.25) is 0 Å². The zero-order valence-electron chi connectivity index (χ0n) is 26.2. The smallest absolute Gasteiger partial charge is 0.303 e. The Morgan fingerprint density at radius 3 is 1.93 bits per heavy atom. The molecule has 0 radical (unpaired) electrons. The Bertz CT molecular complexity index is 1500. The molecule has 0 bridgehead atoms. The maximum Gasteiger partial charge on any atom is 0.303 e. The van der Waals surface area contributed by atoms with Gasteiger partial charge in [0.25, 0.3) is 0 Å². The minimum Gasteiger partial charge on any atom is -0.463 e. The van der Waals surface area contributed by atoms with Crippen molar-refractivity contribution in [2.24, 2.45) is 0 Å². The molecule has 1 aromatic heterocycles. The van der Waals surface area contributed by atoms with Gasteiger partial charge in [0.15, 0.2) is 12.2 Å². The van der Waals surface area contributed by atoms with Crippen LogP contribution < -0.4 is 4.74 Å². The third-order valence-corrected chi connectivity index (χ3v) is 7.19. The number of esters is 4. The molecule has 240 valence electrons. The Balaban J connectivity index is 1.80. The lowest BCUT2D eigenvalue weighted by molar-refractivity contribution is -0.289. The van der Waals surface area contributed by atoms with Crippen molar-refractivity contribution in [3.63, 3.8) is 0 Å². The molecule has 1 fully saturated rings. The van der Waals surface area contributed by atoms with Crippen LogP contribution in [0.4, 0.5) is 0 Å². The topological polar surface area (TPSA) is 141 Å². The number of aromatic nitrogens is 2. The number of hydrogen-bond donors (Lipinski definition) is 0. The first-order valence-corrected chi connectivity index (χ1v) is 14.7.